The number of nitrogens with zero attached hydrogens (tertiary/aromatic N) is 2. The minimum atomic E-state index is -0.717. The lowest BCUT2D eigenvalue weighted by Crippen LogP contribution is -2.55. The second-order valence-electron chi connectivity index (χ2n) is 10.6. The number of para-hydroxylation sites is 1. The van der Waals surface area contributed by atoms with Gasteiger partial charge in [0.15, 0.2) is 0 Å². The molecule has 3 fully saturated rings. The van der Waals surface area contributed by atoms with Gasteiger partial charge in [0.2, 0.25) is 5.91 Å². The van der Waals surface area contributed by atoms with E-state index >= 15 is 0 Å². The number of likely N-dealkylation sites (tertiary alicyclic amines) is 1. The van der Waals surface area contributed by atoms with Crippen molar-refractivity contribution in [2.45, 2.75) is 68.4 Å². The van der Waals surface area contributed by atoms with E-state index in [1.165, 1.54) is 0 Å². The van der Waals surface area contributed by atoms with Crippen LogP contribution in [0.3, 0.4) is 0 Å². The zero-order chi connectivity index (χ0) is 27.4. The SMILES string of the molecule is C=CCCCCOC(=O)[C@@H]1[C@H]2C(=O)N(CCCO)C(C(=O)N(CC=C)c3c(C)cccc3C)C23CC[C@H]1S3. The molecule has 8 heteroatoms. The molecule has 0 saturated carbocycles. The third-order valence-electron chi connectivity index (χ3n) is 8.20. The first-order valence-electron chi connectivity index (χ1n) is 13.7. The predicted molar refractivity (Wildman–Crippen MR) is 151 cm³/mol. The molecule has 3 aliphatic rings. The van der Waals surface area contributed by atoms with E-state index in [-0.39, 0.29) is 36.2 Å². The van der Waals surface area contributed by atoms with Gasteiger partial charge in [0.1, 0.15) is 6.04 Å². The van der Waals surface area contributed by atoms with Gasteiger partial charge in [0.25, 0.3) is 5.91 Å². The molecule has 3 saturated heterocycles. The fraction of sp³-hybridized carbons (Fsp3) is 0.567. The van der Waals surface area contributed by atoms with Gasteiger partial charge in [0, 0.05) is 30.6 Å². The first-order chi connectivity index (χ1) is 18.3. The lowest BCUT2D eigenvalue weighted by molar-refractivity contribution is -0.154. The van der Waals surface area contributed by atoms with E-state index in [1.807, 2.05) is 38.1 Å². The Morgan fingerprint density at radius 3 is 2.61 bits per heavy atom. The standard InChI is InChI=1S/C30H40N2O5S/c1-5-7-8-9-19-37-29(36)23-22-14-15-30(38-22)24(23)27(34)32(17-11-18-33)26(30)28(35)31(16-6-2)25-20(3)12-10-13-21(25)4/h5-6,10,12-13,22-24,26,33H,1-2,7-9,11,14-19H2,3-4H3/t22-,23+,24+,26?,30?/m1/s1. The zero-order valence-corrected chi connectivity index (χ0v) is 23.4. The number of rotatable bonds is 13. The number of allylic oxidation sites excluding steroid dienone is 1. The minimum Gasteiger partial charge on any atom is -0.465 e. The van der Waals surface area contributed by atoms with Crippen LogP contribution in [-0.2, 0) is 19.1 Å². The van der Waals surface area contributed by atoms with Crippen molar-refractivity contribution in [2.24, 2.45) is 11.8 Å². The van der Waals surface area contributed by atoms with Crippen molar-refractivity contribution >= 4 is 35.2 Å². The van der Waals surface area contributed by atoms with Crippen molar-refractivity contribution in [2.75, 3.05) is 31.2 Å². The third-order valence-corrected chi connectivity index (χ3v) is 10.1. The zero-order valence-electron chi connectivity index (χ0n) is 22.6. The number of hydrogen-bond acceptors (Lipinski definition) is 6. The fourth-order valence-electron chi connectivity index (χ4n) is 6.64. The second kappa shape index (κ2) is 12.1. The van der Waals surface area contributed by atoms with Gasteiger partial charge in [0.05, 0.1) is 23.2 Å². The molecule has 7 nitrogen and oxygen atoms in total. The number of benzene rings is 1. The average Bonchev–Trinajstić information content (AvgIpc) is 3.53. The number of aliphatic hydroxyl groups excluding tert-OH is 1. The molecule has 1 aromatic carbocycles. The van der Waals surface area contributed by atoms with Gasteiger partial charge in [-0.2, -0.15) is 0 Å². The number of fused-ring (bicyclic) bond motifs is 1. The predicted octanol–water partition coefficient (Wildman–Crippen LogP) is 4.20. The van der Waals surface area contributed by atoms with Crippen LogP contribution in [0.5, 0.6) is 0 Å². The molecule has 4 rings (SSSR count). The summed E-state index contributed by atoms with van der Waals surface area (Å²) in [7, 11) is 0. The maximum atomic E-state index is 14.5. The van der Waals surface area contributed by atoms with E-state index in [4.69, 9.17) is 4.74 Å². The summed E-state index contributed by atoms with van der Waals surface area (Å²) in [6, 6.07) is 5.21. The number of aliphatic hydroxyl groups is 1. The Bertz CT molecular complexity index is 1070. The Hall–Kier alpha value is -2.58. The van der Waals surface area contributed by atoms with Gasteiger partial charge in [-0.3, -0.25) is 14.4 Å². The van der Waals surface area contributed by atoms with Crippen LogP contribution in [0, 0.1) is 25.7 Å². The summed E-state index contributed by atoms with van der Waals surface area (Å²) in [5.74, 6) is -1.79. The molecule has 2 amide bonds. The highest BCUT2D eigenvalue weighted by molar-refractivity contribution is 8.02. The summed E-state index contributed by atoms with van der Waals surface area (Å²) >= 11 is 1.64. The van der Waals surface area contributed by atoms with Gasteiger partial charge in [-0.25, -0.2) is 0 Å². The molecule has 38 heavy (non-hydrogen) atoms. The second-order valence-corrected chi connectivity index (χ2v) is 12.2. The van der Waals surface area contributed by atoms with E-state index in [2.05, 4.69) is 13.2 Å². The van der Waals surface area contributed by atoms with E-state index < -0.39 is 22.6 Å². The number of thioether (sulfide) groups is 1. The number of esters is 1. The molecule has 3 aliphatic heterocycles. The number of anilines is 1. The molecule has 5 atom stereocenters. The number of carbonyl (C=O) groups excluding carboxylic acids is 3. The molecule has 1 N–H and O–H groups in total. The maximum Gasteiger partial charge on any atom is 0.310 e. The van der Waals surface area contributed by atoms with Crippen LogP contribution in [0.4, 0.5) is 5.69 Å². The van der Waals surface area contributed by atoms with E-state index in [1.54, 1.807) is 27.6 Å². The average molecular weight is 541 g/mol. The summed E-state index contributed by atoms with van der Waals surface area (Å²) in [4.78, 5) is 45.2. The van der Waals surface area contributed by atoms with Crippen LogP contribution in [0.25, 0.3) is 0 Å². The van der Waals surface area contributed by atoms with Gasteiger partial charge in [-0.1, -0.05) is 30.4 Å². The van der Waals surface area contributed by atoms with Gasteiger partial charge >= 0.3 is 5.97 Å². The van der Waals surface area contributed by atoms with Crippen LogP contribution in [0.2, 0.25) is 0 Å². The summed E-state index contributed by atoms with van der Waals surface area (Å²) in [5, 5.41) is 9.55. The number of hydrogen-bond donors (Lipinski definition) is 1. The van der Waals surface area contributed by atoms with Crippen LogP contribution in [-0.4, -0.2) is 70.1 Å². The molecule has 206 valence electrons. The number of amides is 2. The fourth-order valence-corrected chi connectivity index (χ4v) is 8.84. The van der Waals surface area contributed by atoms with E-state index in [0.717, 1.165) is 42.5 Å². The molecule has 0 radical (unpaired) electrons. The van der Waals surface area contributed by atoms with Crippen LogP contribution in [0.1, 0.15) is 49.7 Å². The number of ether oxygens (including phenoxy) is 1. The summed E-state index contributed by atoms with van der Waals surface area (Å²) in [6.07, 6.45) is 7.91. The van der Waals surface area contributed by atoms with E-state index in [9.17, 15) is 19.5 Å². The quantitative estimate of drug-likeness (QED) is 0.229. The van der Waals surface area contributed by atoms with Crippen molar-refractivity contribution in [3.63, 3.8) is 0 Å². The monoisotopic (exact) mass is 540 g/mol. The Labute approximate surface area is 230 Å². The summed E-state index contributed by atoms with van der Waals surface area (Å²) < 4.78 is 4.99. The third kappa shape index (κ3) is 4.93. The van der Waals surface area contributed by atoms with Crippen molar-refractivity contribution in [1.82, 2.24) is 4.90 Å². The van der Waals surface area contributed by atoms with Crippen molar-refractivity contribution in [3.05, 3.63) is 54.6 Å². The lowest BCUT2D eigenvalue weighted by atomic mass is 9.71. The van der Waals surface area contributed by atoms with Crippen molar-refractivity contribution < 1.29 is 24.2 Å². The van der Waals surface area contributed by atoms with Gasteiger partial charge in [-0.15, -0.1) is 24.9 Å². The first-order valence-corrected chi connectivity index (χ1v) is 14.6. The first kappa shape index (κ1) is 28.4. The number of aryl methyl sites for hydroxylation is 2. The van der Waals surface area contributed by atoms with Crippen molar-refractivity contribution in [3.8, 4) is 0 Å². The van der Waals surface area contributed by atoms with Crippen LogP contribution in [0.15, 0.2) is 43.5 Å². The van der Waals surface area contributed by atoms with Crippen LogP contribution < -0.4 is 4.90 Å². The van der Waals surface area contributed by atoms with E-state index in [0.29, 0.717) is 26.0 Å². The topological polar surface area (TPSA) is 87.1 Å². The molecular weight excluding hydrogens is 500 g/mol. The van der Waals surface area contributed by atoms with Crippen molar-refractivity contribution in [1.29, 1.82) is 0 Å². The summed E-state index contributed by atoms with van der Waals surface area (Å²) in [6.45, 7) is 12.4. The highest BCUT2D eigenvalue weighted by Crippen LogP contribution is 2.66. The lowest BCUT2D eigenvalue weighted by Gasteiger charge is -2.38. The molecule has 2 unspecified atom stereocenters. The molecule has 0 aliphatic carbocycles. The highest BCUT2D eigenvalue weighted by Gasteiger charge is 2.74. The van der Waals surface area contributed by atoms with Crippen LogP contribution >= 0.6 is 11.8 Å². The van der Waals surface area contributed by atoms with Gasteiger partial charge < -0.3 is 19.6 Å². The molecule has 3 heterocycles. The highest BCUT2D eigenvalue weighted by atomic mass is 32.2. The molecule has 1 aromatic rings. The minimum absolute atomic E-state index is 0.0343. The summed E-state index contributed by atoms with van der Waals surface area (Å²) in [5.41, 5.74) is 2.78. The Balaban J connectivity index is 1.68. The smallest absolute Gasteiger partial charge is 0.310 e. The molecular formula is C30H40N2O5S. The molecule has 2 bridgehead atoms. The number of unbranched alkanes of at least 4 members (excludes halogenated alkanes) is 2. The number of carbonyl (C=O) groups is 3. The largest absolute Gasteiger partial charge is 0.465 e. The normalized spacial score (nSPS) is 27.3. The molecule has 1 spiro atoms. The Kier molecular flexibility index (Phi) is 9.04. The van der Waals surface area contributed by atoms with Gasteiger partial charge in [-0.05, 0) is 63.5 Å². The Morgan fingerprint density at radius 1 is 1.21 bits per heavy atom. The molecule has 0 aromatic heterocycles. The Morgan fingerprint density at radius 2 is 1.95 bits per heavy atom. The maximum absolute atomic E-state index is 14.5.